The molecule has 76 valence electrons. The normalized spacial score (nSPS) is 9.93. The van der Waals surface area contributed by atoms with Gasteiger partial charge in [-0.2, -0.15) is 0 Å². The molecular weight excluding hydrogens is 221 g/mol. The lowest BCUT2D eigenvalue weighted by Gasteiger charge is -2.06. The molecule has 0 fully saturated rings. The van der Waals surface area contributed by atoms with Crippen molar-refractivity contribution < 1.29 is 4.79 Å². The summed E-state index contributed by atoms with van der Waals surface area (Å²) < 4.78 is 0. The van der Waals surface area contributed by atoms with Crippen LogP contribution in [-0.4, -0.2) is 11.8 Å². The molecule has 0 radical (unpaired) electrons. The van der Waals surface area contributed by atoms with Gasteiger partial charge in [-0.05, 0) is 24.1 Å². The van der Waals surface area contributed by atoms with Crippen LogP contribution >= 0.6 is 23.2 Å². The molecule has 2 nitrogen and oxygen atoms in total. The van der Waals surface area contributed by atoms with Gasteiger partial charge in [-0.25, -0.2) is 0 Å². The monoisotopic (exact) mass is 231 g/mol. The molecule has 0 aliphatic heterocycles. The highest BCUT2D eigenvalue weighted by Gasteiger charge is 2.02. The third-order valence-corrected chi connectivity index (χ3v) is 2.40. The zero-order chi connectivity index (χ0) is 10.6. The highest BCUT2D eigenvalue weighted by molar-refractivity contribution is 6.31. The molecule has 0 unspecified atom stereocenters. The van der Waals surface area contributed by atoms with Crippen molar-refractivity contribution >= 4 is 29.1 Å². The number of nitrogens with one attached hydrogen (secondary N) is 1. The van der Waals surface area contributed by atoms with E-state index in [4.69, 9.17) is 23.2 Å². The van der Waals surface area contributed by atoms with Crippen LogP contribution in [0.5, 0.6) is 0 Å². The maximum atomic E-state index is 10.9. The van der Waals surface area contributed by atoms with Gasteiger partial charge < -0.3 is 5.32 Å². The SMILES string of the molecule is Cc1ccc(CNC(=O)CCl)c(Cl)c1. The highest BCUT2D eigenvalue weighted by Crippen LogP contribution is 2.17. The predicted molar refractivity (Wildman–Crippen MR) is 58.8 cm³/mol. The van der Waals surface area contributed by atoms with Crippen molar-refractivity contribution in [3.05, 3.63) is 34.3 Å². The van der Waals surface area contributed by atoms with E-state index in [0.717, 1.165) is 11.1 Å². The lowest BCUT2D eigenvalue weighted by atomic mass is 10.1. The van der Waals surface area contributed by atoms with E-state index in [0.29, 0.717) is 11.6 Å². The van der Waals surface area contributed by atoms with Crippen LogP contribution in [0.4, 0.5) is 0 Å². The van der Waals surface area contributed by atoms with Crippen LogP contribution in [0.25, 0.3) is 0 Å². The molecule has 0 atom stereocenters. The van der Waals surface area contributed by atoms with Crippen molar-refractivity contribution in [1.29, 1.82) is 0 Å². The van der Waals surface area contributed by atoms with Crippen LogP contribution in [0.1, 0.15) is 11.1 Å². The molecule has 1 N–H and O–H groups in total. The first-order chi connectivity index (χ1) is 6.63. The Labute approximate surface area is 93.2 Å². The number of rotatable bonds is 3. The van der Waals surface area contributed by atoms with Crippen LogP contribution in [-0.2, 0) is 11.3 Å². The van der Waals surface area contributed by atoms with Crippen molar-refractivity contribution in [2.24, 2.45) is 0 Å². The van der Waals surface area contributed by atoms with E-state index in [1.165, 1.54) is 0 Å². The van der Waals surface area contributed by atoms with Crippen LogP contribution in [0, 0.1) is 6.92 Å². The number of hydrogen-bond acceptors (Lipinski definition) is 1. The number of amides is 1. The Bertz CT molecular complexity index is 339. The van der Waals surface area contributed by atoms with E-state index in [9.17, 15) is 4.79 Å². The molecule has 1 aromatic rings. The van der Waals surface area contributed by atoms with Gasteiger partial charge in [-0.1, -0.05) is 23.7 Å². The van der Waals surface area contributed by atoms with Crippen molar-refractivity contribution in [2.75, 3.05) is 5.88 Å². The molecule has 0 saturated heterocycles. The predicted octanol–water partition coefficient (Wildman–Crippen LogP) is 2.50. The molecule has 14 heavy (non-hydrogen) atoms. The van der Waals surface area contributed by atoms with Crippen LogP contribution < -0.4 is 5.32 Å². The van der Waals surface area contributed by atoms with Crippen LogP contribution in [0.15, 0.2) is 18.2 Å². The Hall–Kier alpha value is -0.730. The molecule has 4 heteroatoms. The van der Waals surface area contributed by atoms with Gasteiger partial charge in [0.15, 0.2) is 0 Å². The summed E-state index contributed by atoms with van der Waals surface area (Å²) in [5.41, 5.74) is 2.00. The van der Waals surface area contributed by atoms with Gasteiger partial charge in [-0.15, -0.1) is 11.6 Å². The van der Waals surface area contributed by atoms with Crippen molar-refractivity contribution in [1.82, 2.24) is 5.32 Å². The first kappa shape index (κ1) is 11.3. The number of alkyl halides is 1. The minimum Gasteiger partial charge on any atom is -0.351 e. The summed E-state index contributed by atoms with van der Waals surface area (Å²) in [6.07, 6.45) is 0. The third kappa shape index (κ3) is 3.20. The summed E-state index contributed by atoms with van der Waals surface area (Å²) in [5, 5.41) is 3.32. The highest BCUT2D eigenvalue weighted by atomic mass is 35.5. The molecule has 0 bridgehead atoms. The fourth-order valence-electron chi connectivity index (χ4n) is 1.04. The second-order valence-corrected chi connectivity index (χ2v) is 3.68. The number of carbonyl (C=O) groups is 1. The van der Waals surface area contributed by atoms with Gasteiger partial charge in [0.25, 0.3) is 0 Å². The average molecular weight is 232 g/mol. The van der Waals surface area contributed by atoms with E-state index in [-0.39, 0.29) is 11.8 Å². The fraction of sp³-hybridized carbons (Fsp3) is 0.300. The molecule has 1 aromatic carbocycles. The summed E-state index contributed by atoms with van der Waals surface area (Å²) >= 11 is 11.3. The second kappa shape index (κ2) is 5.23. The average Bonchev–Trinajstić information content (AvgIpc) is 2.16. The Morgan fingerprint density at radius 3 is 2.79 bits per heavy atom. The van der Waals surface area contributed by atoms with Crippen LogP contribution in [0.3, 0.4) is 0 Å². The van der Waals surface area contributed by atoms with Gasteiger partial charge >= 0.3 is 0 Å². The fourth-order valence-corrected chi connectivity index (χ4v) is 1.43. The zero-order valence-electron chi connectivity index (χ0n) is 7.81. The van der Waals surface area contributed by atoms with Gasteiger partial charge in [0, 0.05) is 11.6 Å². The molecule has 0 aromatic heterocycles. The van der Waals surface area contributed by atoms with Crippen molar-refractivity contribution in [3.63, 3.8) is 0 Å². The molecular formula is C10H11Cl2NO. The topological polar surface area (TPSA) is 29.1 Å². The van der Waals surface area contributed by atoms with E-state index in [1.807, 2.05) is 25.1 Å². The maximum Gasteiger partial charge on any atom is 0.235 e. The lowest BCUT2D eigenvalue weighted by Crippen LogP contribution is -2.23. The van der Waals surface area contributed by atoms with Crippen molar-refractivity contribution in [2.45, 2.75) is 13.5 Å². The molecule has 0 heterocycles. The number of hydrogen-bond donors (Lipinski definition) is 1. The smallest absolute Gasteiger partial charge is 0.235 e. The quantitative estimate of drug-likeness (QED) is 0.797. The molecule has 0 aliphatic rings. The van der Waals surface area contributed by atoms with Gasteiger partial charge in [0.1, 0.15) is 5.88 Å². The number of carbonyl (C=O) groups excluding carboxylic acids is 1. The Morgan fingerprint density at radius 2 is 2.21 bits per heavy atom. The van der Waals surface area contributed by atoms with Crippen molar-refractivity contribution in [3.8, 4) is 0 Å². The summed E-state index contributed by atoms with van der Waals surface area (Å²) in [5.74, 6) is -0.216. The number of benzene rings is 1. The summed E-state index contributed by atoms with van der Waals surface area (Å²) in [6.45, 7) is 2.39. The first-order valence-corrected chi connectivity index (χ1v) is 5.12. The van der Waals surface area contributed by atoms with E-state index in [1.54, 1.807) is 0 Å². The van der Waals surface area contributed by atoms with Gasteiger partial charge in [0.05, 0.1) is 0 Å². The number of halogens is 2. The second-order valence-electron chi connectivity index (χ2n) is 3.01. The number of aryl methyl sites for hydroxylation is 1. The largest absolute Gasteiger partial charge is 0.351 e. The standard InChI is InChI=1S/C10H11Cl2NO/c1-7-2-3-8(9(12)4-7)6-13-10(14)5-11/h2-4H,5-6H2,1H3,(H,13,14). The molecule has 1 rings (SSSR count). The molecule has 0 spiro atoms. The minimum absolute atomic E-state index is 0.0243. The van der Waals surface area contributed by atoms with E-state index in [2.05, 4.69) is 5.32 Å². The maximum absolute atomic E-state index is 10.9. The zero-order valence-corrected chi connectivity index (χ0v) is 9.32. The molecule has 0 saturated carbocycles. The van der Waals surface area contributed by atoms with Gasteiger partial charge in [-0.3, -0.25) is 4.79 Å². The summed E-state index contributed by atoms with van der Waals surface area (Å²) in [6, 6.07) is 5.71. The Balaban J connectivity index is 2.63. The Kier molecular flexibility index (Phi) is 4.23. The summed E-state index contributed by atoms with van der Waals surface area (Å²) in [7, 11) is 0. The summed E-state index contributed by atoms with van der Waals surface area (Å²) in [4.78, 5) is 10.9. The van der Waals surface area contributed by atoms with E-state index >= 15 is 0 Å². The van der Waals surface area contributed by atoms with Crippen LogP contribution in [0.2, 0.25) is 5.02 Å². The first-order valence-electron chi connectivity index (χ1n) is 4.21. The Morgan fingerprint density at radius 1 is 1.50 bits per heavy atom. The minimum atomic E-state index is -0.191. The van der Waals surface area contributed by atoms with Gasteiger partial charge in [0.2, 0.25) is 5.91 Å². The van der Waals surface area contributed by atoms with E-state index < -0.39 is 0 Å². The third-order valence-electron chi connectivity index (χ3n) is 1.81. The molecule has 0 aliphatic carbocycles. The lowest BCUT2D eigenvalue weighted by molar-refractivity contribution is -0.118. The molecule has 1 amide bonds.